The smallest absolute Gasteiger partial charge is 0.128 e. The Balaban J connectivity index is 1.72. The molecule has 0 radical (unpaired) electrons. The summed E-state index contributed by atoms with van der Waals surface area (Å²) in [5, 5.41) is 0. The SMILES string of the molecule is CCN(CC)c1ccc([C@@H]2CCCN2Cc2ccccc2)cn1. The summed E-state index contributed by atoms with van der Waals surface area (Å²) < 4.78 is 0. The monoisotopic (exact) mass is 309 g/mol. The molecule has 2 aromatic rings. The van der Waals surface area contributed by atoms with Crippen LogP contribution in [0.2, 0.25) is 0 Å². The lowest BCUT2D eigenvalue weighted by Gasteiger charge is -2.25. The van der Waals surface area contributed by atoms with Crippen LogP contribution in [0, 0.1) is 0 Å². The van der Waals surface area contributed by atoms with Gasteiger partial charge in [0.05, 0.1) is 0 Å². The highest BCUT2D eigenvalue weighted by Gasteiger charge is 2.26. The molecule has 0 amide bonds. The minimum atomic E-state index is 0.508. The van der Waals surface area contributed by atoms with Gasteiger partial charge in [0.1, 0.15) is 5.82 Å². The molecule has 1 saturated heterocycles. The summed E-state index contributed by atoms with van der Waals surface area (Å²) in [6.07, 6.45) is 4.59. The number of rotatable bonds is 6. The number of likely N-dealkylation sites (tertiary alicyclic amines) is 1. The molecule has 1 aliphatic heterocycles. The quantitative estimate of drug-likeness (QED) is 0.794. The van der Waals surface area contributed by atoms with Crippen molar-refractivity contribution in [1.29, 1.82) is 0 Å². The van der Waals surface area contributed by atoms with Crippen LogP contribution in [-0.2, 0) is 6.54 Å². The summed E-state index contributed by atoms with van der Waals surface area (Å²) in [5.41, 5.74) is 2.75. The Labute approximate surface area is 140 Å². The fraction of sp³-hybridized carbons (Fsp3) is 0.450. The summed E-state index contributed by atoms with van der Waals surface area (Å²) in [4.78, 5) is 9.58. The second-order valence-corrected chi connectivity index (χ2v) is 6.24. The molecule has 0 aliphatic carbocycles. The van der Waals surface area contributed by atoms with Crippen LogP contribution in [0.5, 0.6) is 0 Å². The topological polar surface area (TPSA) is 19.4 Å². The molecule has 1 atom stereocenters. The average molecular weight is 309 g/mol. The molecule has 1 fully saturated rings. The predicted octanol–water partition coefficient (Wildman–Crippen LogP) is 4.26. The molecule has 1 aliphatic rings. The predicted molar refractivity (Wildman–Crippen MR) is 96.6 cm³/mol. The number of nitrogens with zero attached hydrogens (tertiary/aromatic N) is 3. The second kappa shape index (κ2) is 7.60. The van der Waals surface area contributed by atoms with Gasteiger partial charge in [-0.3, -0.25) is 4.90 Å². The van der Waals surface area contributed by atoms with Gasteiger partial charge in [-0.2, -0.15) is 0 Å². The van der Waals surface area contributed by atoms with E-state index < -0.39 is 0 Å². The highest BCUT2D eigenvalue weighted by Crippen LogP contribution is 2.33. The molecule has 0 saturated carbocycles. The van der Waals surface area contributed by atoms with Crippen molar-refractivity contribution in [3.05, 3.63) is 59.8 Å². The van der Waals surface area contributed by atoms with Crippen molar-refractivity contribution in [2.24, 2.45) is 0 Å². The maximum absolute atomic E-state index is 4.71. The molecular formula is C20H27N3. The Morgan fingerprint density at radius 3 is 2.52 bits per heavy atom. The van der Waals surface area contributed by atoms with E-state index in [4.69, 9.17) is 4.98 Å². The van der Waals surface area contributed by atoms with Gasteiger partial charge in [0.15, 0.2) is 0 Å². The molecule has 0 bridgehead atoms. The lowest BCUT2D eigenvalue weighted by Crippen LogP contribution is -2.24. The van der Waals surface area contributed by atoms with Gasteiger partial charge in [-0.15, -0.1) is 0 Å². The van der Waals surface area contributed by atoms with Crippen molar-refractivity contribution in [3.63, 3.8) is 0 Å². The molecule has 0 N–H and O–H groups in total. The normalized spacial score (nSPS) is 18.3. The van der Waals surface area contributed by atoms with E-state index in [0.717, 1.165) is 25.5 Å². The third-order valence-electron chi connectivity index (χ3n) is 4.84. The summed E-state index contributed by atoms with van der Waals surface area (Å²) in [7, 11) is 0. The molecule has 0 unspecified atom stereocenters. The fourth-order valence-corrected chi connectivity index (χ4v) is 3.54. The molecule has 2 heterocycles. The molecular weight excluding hydrogens is 282 g/mol. The Morgan fingerprint density at radius 1 is 1.09 bits per heavy atom. The Hall–Kier alpha value is -1.87. The van der Waals surface area contributed by atoms with Crippen molar-refractivity contribution < 1.29 is 0 Å². The van der Waals surface area contributed by atoms with Crippen LogP contribution in [0.25, 0.3) is 0 Å². The number of anilines is 1. The van der Waals surface area contributed by atoms with Crippen molar-refractivity contribution in [2.45, 2.75) is 39.3 Å². The van der Waals surface area contributed by atoms with Crippen LogP contribution >= 0.6 is 0 Å². The van der Waals surface area contributed by atoms with Crippen LogP contribution in [0.1, 0.15) is 43.9 Å². The molecule has 1 aromatic carbocycles. The van der Waals surface area contributed by atoms with Crippen LogP contribution in [0.3, 0.4) is 0 Å². The van der Waals surface area contributed by atoms with Crippen molar-refractivity contribution in [3.8, 4) is 0 Å². The molecule has 122 valence electrons. The minimum absolute atomic E-state index is 0.508. The third-order valence-corrected chi connectivity index (χ3v) is 4.84. The zero-order chi connectivity index (χ0) is 16.1. The van der Waals surface area contributed by atoms with E-state index in [9.17, 15) is 0 Å². The van der Waals surface area contributed by atoms with Crippen LogP contribution < -0.4 is 4.90 Å². The number of pyridine rings is 1. The van der Waals surface area contributed by atoms with E-state index >= 15 is 0 Å². The average Bonchev–Trinajstić information content (AvgIpc) is 3.06. The third kappa shape index (κ3) is 3.73. The number of aromatic nitrogens is 1. The highest BCUT2D eigenvalue weighted by molar-refractivity contribution is 5.39. The molecule has 1 aromatic heterocycles. The first-order valence-electron chi connectivity index (χ1n) is 8.80. The Kier molecular flexibility index (Phi) is 5.29. The van der Waals surface area contributed by atoms with E-state index in [2.05, 4.69) is 72.3 Å². The second-order valence-electron chi connectivity index (χ2n) is 6.24. The van der Waals surface area contributed by atoms with Crippen LogP contribution in [0.15, 0.2) is 48.7 Å². The maximum atomic E-state index is 4.71. The lowest BCUT2D eigenvalue weighted by molar-refractivity contribution is 0.248. The first-order chi connectivity index (χ1) is 11.3. The zero-order valence-electron chi connectivity index (χ0n) is 14.3. The van der Waals surface area contributed by atoms with Gasteiger partial charge in [0.25, 0.3) is 0 Å². The fourth-order valence-electron chi connectivity index (χ4n) is 3.54. The largest absolute Gasteiger partial charge is 0.357 e. The minimum Gasteiger partial charge on any atom is -0.357 e. The summed E-state index contributed by atoms with van der Waals surface area (Å²) in [6, 6.07) is 15.7. The molecule has 23 heavy (non-hydrogen) atoms. The Morgan fingerprint density at radius 2 is 1.87 bits per heavy atom. The van der Waals surface area contributed by atoms with E-state index in [0.29, 0.717) is 6.04 Å². The molecule has 0 spiro atoms. The molecule has 3 nitrogen and oxygen atoms in total. The summed E-state index contributed by atoms with van der Waals surface area (Å²) in [5.74, 6) is 1.09. The van der Waals surface area contributed by atoms with Gasteiger partial charge in [0, 0.05) is 31.9 Å². The highest BCUT2D eigenvalue weighted by atomic mass is 15.2. The standard InChI is InChI=1S/C20H27N3/c1-3-22(4-2)20-13-12-18(15-21-20)19-11-8-14-23(19)16-17-9-6-5-7-10-17/h5-7,9-10,12-13,15,19H,3-4,8,11,14,16H2,1-2H3/t19-/m0/s1. The van der Waals surface area contributed by atoms with Gasteiger partial charge in [-0.05, 0) is 50.4 Å². The van der Waals surface area contributed by atoms with Crippen molar-refractivity contribution >= 4 is 5.82 Å². The summed E-state index contributed by atoms with van der Waals surface area (Å²) in [6.45, 7) is 8.58. The van der Waals surface area contributed by atoms with Gasteiger partial charge < -0.3 is 4.90 Å². The first-order valence-corrected chi connectivity index (χ1v) is 8.80. The van der Waals surface area contributed by atoms with E-state index in [1.165, 1.54) is 30.5 Å². The zero-order valence-corrected chi connectivity index (χ0v) is 14.3. The van der Waals surface area contributed by atoms with Crippen LogP contribution in [-0.4, -0.2) is 29.5 Å². The van der Waals surface area contributed by atoms with Crippen molar-refractivity contribution in [2.75, 3.05) is 24.5 Å². The number of hydrogen-bond acceptors (Lipinski definition) is 3. The first kappa shape index (κ1) is 16.0. The van der Waals surface area contributed by atoms with Crippen LogP contribution in [0.4, 0.5) is 5.82 Å². The Bertz CT molecular complexity index is 590. The number of hydrogen-bond donors (Lipinski definition) is 0. The van der Waals surface area contributed by atoms with Gasteiger partial charge in [-0.1, -0.05) is 36.4 Å². The lowest BCUT2D eigenvalue weighted by atomic mass is 10.1. The van der Waals surface area contributed by atoms with Gasteiger partial charge in [-0.25, -0.2) is 4.98 Å². The summed E-state index contributed by atoms with van der Waals surface area (Å²) >= 11 is 0. The molecule has 3 rings (SSSR count). The van der Waals surface area contributed by atoms with E-state index in [1.807, 2.05) is 0 Å². The number of benzene rings is 1. The van der Waals surface area contributed by atoms with E-state index in [1.54, 1.807) is 0 Å². The maximum Gasteiger partial charge on any atom is 0.128 e. The van der Waals surface area contributed by atoms with E-state index in [-0.39, 0.29) is 0 Å². The van der Waals surface area contributed by atoms with Gasteiger partial charge in [0.2, 0.25) is 0 Å². The molecule has 3 heteroatoms. The van der Waals surface area contributed by atoms with Crippen molar-refractivity contribution in [1.82, 2.24) is 9.88 Å². The van der Waals surface area contributed by atoms with Gasteiger partial charge >= 0.3 is 0 Å².